The Morgan fingerprint density at radius 3 is 2.64 bits per heavy atom. The number of hydrogen-bond acceptors (Lipinski definition) is 5. The number of benzene rings is 1. The first kappa shape index (κ1) is 17.6. The van der Waals surface area contributed by atoms with Crippen molar-refractivity contribution in [1.82, 2.24) is 5.32 Å². The van der Waals surface area contributed by atoms with Crippen LogP contribution < -0.4 is 10.6 Å². The molecule has 0 aliphatic carbocycles. The SMILES string of the molecule is COCCCNC(=O)c1cccc(NC(=O)CC(=O)OC)c1. The second-order valence-corrected chi connectivity index (χ2v) is 4.48. The van der Waals surface area contributed by atoms with E-state index < -0.39 is 11.9 Å². The van der Waals surface area contributed by atoms with Gasteiger partial charge in [0.15, 0.2) is 0 Å². The van der Waals surface area contributed by atoms with Crippen molar-refractivity contribution < 1.29 is 23.9 Å². The van der Waals surface area contributed by atoms with Gasteiger partial charge in [0.1, 0.15) is 6.42 Å². The number of hydrogen-bond donors (Lipinski definition) is 2. The number of nitrogens with one attached hydrogen (secondary N) is 2. The maximum Gasteiger partial charge on any atom is 0.315 e. The molecule has 0 spiro atoms. The maximum absolute atomic E-state index is 11.9. The minimum atomic E-state index is -0.621. The van der Waals surface area contributed by atoms with Crippen LogP contribution in [-0.2, 0) is 19.1 Å². The van der Waals surface area contributed by atoms with E-state index in [1.54, 1.807) is 31.4 Å². The van der Waals surface area contributed by atoms with Crippen molar-refractivity contribution in [2.75, 3.05) is 32.7 Å². The van der Waals surface area contributed by atoms with E-state index in [1.807, 2.05) is 0 Å². The molecule has 0 bridgehead atoms. The van der Waals surface area contributed by atoms with Crippen LogP contribution in [0.3, 0.4) is 0 Å². The first-order chi connectivity index (χ1) is 10.6. The fourth-order valence-electron chi connectivity index (χ4n) is 1.67. The van der Waals surface area contributed by atoms with Gasteiger partial charge in [0.2, 0.25) is 5.91 Å². The molecule has 22 heavy (non-hydrogen) atoms. The predicted molar refractivity (Wildman–Crippen MR) is 80.5 cm³/mol. The summed E-state index contributed by atoms with van der Waals surface area (Å²) in [5.74, 6) is -1.35. The first-order valence-corrected chi connectivity index (χ1v) is 6.80. The summed E-state index contributed by atoms with van der Waals surface area (Å²) < 4.78 is 9.31. The van der Waals surface area contributed by atoms with E-state index in [2.05, 4.69) is 15.4 Å². The van der Waals surface area contributed by atoms with Gasteiger partial charge in [-0.3, -0.25) is 14.4 Å². The molecule has 1 aromatic carbocycles. The number of esters is 1. The average molecular weight is 308 g/mol. The smallest absolute Gasteiger partial charge is 0.315 e. The Hall–Kier alpha value is -2.41. The molecule has 2 N–H and O–H groups in total. The zero-order chi connectivity index (χ0) is 16.4. The molecule has 0 fully saturated rings. The van der Waals surface area contributed by atoms with Crippen LogP contribution in [0.1, 0.15) is 23.2 Å². The van der Waals surface area contributed by atoms with E-state index in [-0.39, 0.29) is 12.3 Å². The van der Waals surface area contributed by atoms with Crippen molar-refractivity contribution in [3.05, 3.63) is 29.8 Å². The molecular weight excluding hydrogens is 288 g/mol. The molecule has 0 aliphatic heterocycles. The molecule has 0 radical (unpaired) electrons. The van der Waals surface area contributed by atoms with E-state index in [0.29, 0.717) is 24.4 Å². The van der Waals surface area contributed by atoms with E-state index in [4.69, 9.17) is 4.74 Å². The Bertz CT molecular complexity index is 530. The number of amides is 2. The lowest BCUT2D eigenvalue weighted by atomic mass is 10.2. The summed E-state index contributed by atoms with van der Waals surface area (Å²) in [6.45, 7) is 1.08. The maximum atomic E-state index is 11.9. The van der Waals surface area contributed by atoms with E-state index >= 15 is 0 Å². The third kappa shape index (κ3) is 6.36. The van der Waals surface area contributed by atoms with Crippen molar-refractivity contribution in [3.8, 4) is 0 Å². The van der Waals surface area contributed by atoms with Crippen LogP contribution in [0.4, 0.5) is 5.69 Å². The summed E-state index contributed by atoms with van der Waals surface area (Å²) in [7, 11) is 2.81. The molecule has 0 atom stereocenters. The van der Waals surface area contributed by atoms with E-state index in [9.17, 15) is 14.4 Å². The summed E-state index contributed by atoms with van der Waals surface area (Å²) in [6.07, 6.45) is 0.349. The molecule has 7 heteroatoms. The molecule has 0 aliphatic rings. The molecule has 0 unspecified atom stereocenters. The standard InChI is InChI=1S/C15H20N2O5/c1-21-8-4-7-16-15(20)11-5-3-6-12(9-11)17-13(18)10-14(19)22-2/h3,5-6,9H,4,7-8,10H2,1-2H3,(H,16,20)(H,17,18). The third-order valence-corrected chi connectivity index (χ3v) is 2.75. The molecule has 7 nitrogen and oxygen atoms in total. The second kappa shape index (κ2) is 9.51. The topological polar surface area (TPSA) is 93.7 Å². The molecule has 1 aromatic rings. The first-order valence-electron chi connectivity index (χ1n) is 6.80. The quantitative estimate of drug-likeness (QED) is 0.424. The zero-order valence-electron chi connectivity index (χ0n) is 12.7. The molecule has 120 valence electrons. The van der Waals surface area contributed by atoms with Gasteiger partial charge in [0.05, 0.1) is 7.11 Å². The fraction of sp³-hybridized carbons (Fsp3) is 0.400. The zero-order valence-corrected chi connectivity index (χ0v) is 12.7. The Kier molecular flexibility index (Phi) is 7.63. The highest BCUT2D eigenvalue weighted by Crippen LogP contribution is 2.11. The Morgan fingerprint density at radius 1 is 1.18 bits per heavy atom. The third-order valence-electron chi connectivity index (χ3n) is 2.75. The van der Waals surface area contributed by atoms with Gasteiger partial charge in [-0.2, -0.15) is 0 Å². The molecule has 0 aromatic heterocycles. The minimum absolute atomic E-state index is 0.236. The van der Waals surface area contributed by atoms with Gasteiger partial charge < -0.3 is 20.1 Å². The lowest BCUT2D eigenvalue weighted by Gasteiger charge is -2.08. The normalized spacial score (nSPS) is 9.91. The summed E-state index contributed by atoms with van der Waals surface area (Å²) in [5.41, 5.74) is 0.867. The van der Waals surface area contributed by atoms with Gasteiger partial charge >= 0.3 is 5.97 Å². The monoisotopic (exact) mass is 308 g/mol. The fourth-order valence-corrected chi connectivity index (χ4v) is 1.67. The van der Waals surface area contributed by atoms with Crippen molar-refractivity contribution >= 4 is 23.5 Å². The van der Waals surface area contributed by atoms with Crippen molar-refractivity contribution in [2.45, 2.75) is 12.8 Å². The van der Waals surface area contributed by atoms with Gasteiger partial charge in [-0.1, -0.05) is 6.07 Å². The average Bonchev–Trinajstić information content (AvgIpc) is 2.51. The van der Waals surface area contributed by atoms with E-state index in [0.717, 1.165) is 6.42 Å². The lowest BCUT2D eigenvalue weighted by Crippen LogP contribution is -2.25. The highest BCUT2D eigenvalue weighted by Gasteiger charge is 2.11. The van der Waals surface area contributed by atoms with Crippen LogP contribution in [0.5, 0.6) is 0 Å². The number of methoxy groups -OCH3 is 2. The summed E-state index contributed by atoms with van der Waals surface area (Å²) in [4.78, 5) is 34.5. The number of ether oxygens (including phenoxy) is 2. The number of carbonyl (C=O) groups is 3. The van der Waals surface area contributed by atoms with Crippen molar-refractivity contribution in [1.29, 1.82) is 0 Å². The van der Waals surface area contributed by atoms with Gasteiger partial charge in [0.25, 0.3) is 5.91 Å². The number of rotatable bonds is 8. The Morgan fingerprint density at radius 2 is 1.95 bits per heavy atom. The van der Waals surface area contributed by atoms with Crippen molar-refractivity contribution in [2.24, 2.45) is 0 Å². The van der Waals surface area contributed by atoms with Gasteiger partial charge in [-0.25, -0.2) is 0 Å². The van der Waals surface area contributed by atoms with Crippen LogP contribution in [0, 0.1) is 0 Å². The Balaban J connectivity index is 2.56. The highest BCUT2D eigenvalue weighted by atomic mass is 16.5. The summed E-state index contributed by atoms with van der Waals surface area (Å²) in [5, 5.41) is 5.29. The van der Waals surface area contributed by atoms with Crippen LogP contribution in [-0.4, -0.2) is 45.2 Å². The molecule has 2 amide bonds. The Labute approximate surface area is 129 Å². The molecule has 0 saturated heterocycles. The number of carbonyl (C=O) groups excluding carboxylic acids is 3. The number of anilines is 1. The molecule has 0 saturated carbocycles. The minimum Gasteiger partial charge on any atom is -0.469 e. The lowest BCUT2D eigenvalue weighted by molar-refractivity contribution is -0.142. The van der Waals surface area contributed by atoms with Crippen LogP contribution in [0.2, 0.25) is 0 Å². The predicted octanol–water partition coefficient (Wildman–Crippen LogP) is 0.954. The van der Waals surface area contributed by atoms with Crippen LogP contribution in [0.25, 0.3) is 0 Å². The molecule has 1 rings (SSSR count). The van der Waals surface area contributed by atoms with Crippen molar-refractivity contribution in [3.63, 3.8) is 0 Å². The molecular formula is C15H20N2O5. The van der Waals surface area contributed by atoms with Gasteiger partial charge in [0, 0.05) is 31.5 Å². The second-order valence-electron chi connectivity index (χ2n) is 4.48. The largest absolute Gasteiger partial charge is 0.469 e. The van der Waals surface area contributed by atoms with E-state index in [1.165, 1.54) is 7.11 Å². The highest BCUT2D eigenvalue weighted by molar-refractivity contribution is 6.02. The van der Waals surface area contributed by atoms with Crippen LogP contribution >= 0.6 is 0 Å². The molecule has 0 heterocycles. The van der Waals surface area contributed by atoms with Gasteiger partial charge in [-0.05, 0) is 24.6 Å². The van der Waals surface area contributed by atoms with Crippen LogP contribution in [0.15, 0.2) is 24.3 Å². The van der Waals surface area contributed by atoms with Gasteiger partial charge in [-0.15, -0.1) is 0 Å². The summed E-state index contributed by atoms with van der Waals surface area (Å²) in [6, 6.07) is 6.47. The summed E-state index contributed by atoms with van der Waals surface area (Å²) >= 11 is 0.